The van der Waals surface area contributed by atoms with Gasteiger partial charge in [-0.25, -0.2) is 0 Å². The van der Waals surface area contributed by atoms with Crippen LogP contribution in [0, 0.1) is 10.1 Å². The maximum atomic E-state index is 11.3. The lowest BCUT2D eigenvalue weighted by atomic mass is 10.3. The van der Waals surface area contributed by atoms with Crippen LogP contribution in [0.5, 0.6) is 0 Å². The van der Waals surface area contributed by atoms with E-state index in [-0.39, 0.29) is 11.5 Å². The predicted octanol–water partition coefficient (Wildman–Crippen LogP) is 2.33. The molecule has 0 aliphatic carbocycles. The van der Waals surface area contributed by atoms with Gasteiger partial charge in [0, 0.05) is 33.4 Å². The van der Waals surface area contributed by atoms with Gasteiger partial charge in [-0.2, -0.15) is 0 Å². The number of nitro groups is 1. The van der Waals surface area contributed by atoms with Crippen LogP contribution < -0.4 is 4.90 Å². The van der Waals surface area contributed by atoms with Crippen LogP contribution in [0.4, 0.5) is 10.7 Å². The highest BCUT2D eigenvalue weighted by molar-refractivity contribution is 7.18. The molecular weight excluding hydrogens is 256 g/mol. The van der Waals surface area contributed by atoms with E-state index in [1.165, 1.54) is 13.0 Å². The molecule has 0 aliphatic heterocycles. The highest BCUT2D eigenvalue weighted by Gasteiger charge is 2.23. The third-order valence-electron chi connectivity index (χ3n) is 2.43. The summed E-state index contributed by atoms with van der Waals surface area (Å²) in [5.74, 6) is -0.153. The van der Waals surface area contributed by atoms with Crippen molar-refractivity contribution in [3.05, 3.63) is 21.1 Å². The van der Waals surface area contributed by atoms with E-state index < -0.39 is 4.92 Å². The summed E-state index contributed by atoms with van der Waals surface area (Å²) in [5.41, 5.74) is -0.00915. The number of rotatable bonds is 7. The number of hydrogen-bond donors (Lipinski definition) is 0. The summed E-state index contributed by atoms with van der Waals surface area (Å²) in [6.45, 7) is 2.65. The Morgan fingerprint density at radius 2 is 2.28 bits per heavy atom. The topological polar surface area (TPSA) is 72.7 Å². The number of ether oxygens (including phenoxy) is 1. The second kappa shape index (κ2) is 6.46. The van der Waals surface area contributed by atoms with Crippen LogP contribution in [0.25, 0.3) is 0 Å². The SMILES string of the molecule is COCCCN(C)c1sc(C(C)=O)cc1[N+](=O)[O-]. The van der Waals surface area contributed by atoms with E-state index in [4.69, 9.17) is 4.74 Å². The summed E-state index contributed by atoms with van der Waals surface area (Å²) in [4.78, 5) is 24.0. The van der Waals surface area contributed by atoms with Crippen LogP contribution >= 0.6 is 11.3 Å². The third kappa shape index (κ3) is 3.51. The summed E-state index contributed by atoms with van der Waals surface area (Å²) < 4.78 is 4.94. The van der Waals surface area contributed by atoms with E-state index in [0.29, 0.717) is 23.0 Å². The highest BCUT2D eigenvalue weighted by atomic mass is 32.1. The zero-order valence-corrected chi connectivity index (χ0v) is 11.5. The molecule has 6 nitrogen and oxygen atoms in total. The standard InChI is InChI=1S/C11H16N2O4S/c1-8(14)10-7-9(13(15)16)11(18-10)12(2)5-4-6-17-3/h7H,4-6H2,1-3H3. The van der Waals surface area contributed by atoms with Gasteiger partial charge < -0.3 is 9.64 Å². The van der Waals surface area contributed by atoms with Crippen molar-refractivity contribution in [2.75, 3.05) is 32.2 Å². The number of ketones is 1. The minimum atomic E-state index is -0.453. The van der Waals surface area contributed by atoms with Crippen molar-refractivity contribution in [1.82, 2.24) is 0 Å². The molecule has 0 saturated heterocycles. The number of hydrogen-bond acceptors (Lipinski definition) is 6. The normalized spacial score (nSPS) is 10.4. The molecule has 1 heterocycles. The molecule has 18 heavy (non-hydrogen) atoms. The monoisotopic (exact) mass is 272 g/mol. The molecule has 0 amide bonds. The highest BCUT2D eigenvalue weighted by Crippen LogP contribution is 2.37. The lowest BCUT2D eigenvalue weighted by molar-refractivity contribution is -0.383. The lowest BCUT2D eigenvalue weighted by Crippen LogP contribution is -2.19. The van der Waals surface area contributed by atoms with E-state index in [1.54, 1.807) is 19.1 Å². The molecule has 0 radical (unpaired) electrons. The first-order valence-electron chi connectivity index (χ1n) is 5.46. The van der Waals surface area contributed by atoms with Gasteiger partial charge in [0.2, 0.25) is 0 Å². The molecule has 1 rings (SSSR count). The molecule has 100 valence electrons. The molecule has 0 spiro atoms. The van der Waals surface area contributed by atoms with Gasteiger partial charge in [-0.1, -0.05) is 0 Å². The Labute approximate surface area is 109 Å². The number of methoxy groups -OCH3 is 1. The van der Waals surface area contributed by atoms with Crippen LogP contribution in [0.15, 0.2) is 6.07 Å². The van der Waals surface area contributed by atoms with Gasteiger partial charge in [0.1, 0.15) is 0 Å². The first-order chi connectivity index (χ1) is 8.47. The van der Waals surface area contributed by atoms with Gasteiger partial charge >= 0.3 is 5.69 Å². The van der Waals surface area contributed by atoms with E-state index in [2.05, 4.69) is 0 Å². The Hall–Kier alpha value is -1.47. The summed E-state index contributed by atoms with van der Waals surface area (Å²) in [6, 6.07) is 1.34. The zero-order valence-electron chi connectivity index (χ0n) is 10.6. The van der Waals surface area contributed by atoms with Gasteiger partial charge in [-0.05, 0) is 13.3 Å². The smallest absolute Gasteiger partial charge is 0.304 e. The van der Waals surface area contributed by atoms with Crippen molar-refractivity contribution in [3.63, 3.8) is 0 Å². The van der Waals surface area contributed by atoms with E-state index in [1.807, 2.05) is 0 Å². The quantitative estimate of drug-likeness (QED) is 0.329. The predicted molar refractivity (Wildman–Crippen MR) is 70.7 cm³/mol. The Morgan fingerprint density at radius 3 is 2.78 bits per heavy atom. The van der Waals surface area contributed by atoms with Crippen molar-refractivity contribution in [3.8, 4) is 0 Å². The third-order valence-corrected chi connectivity index (χ3v) is 3.77. The van der Waals surface area contributed by atoms with Gasteiger partial charge in [-0.15, -0.1) is 11.3 Å². The molecule has 0 atom stereocenters. The Balaban J connectivity index is 2.91. The molecule has 0 bridgehead atoms. The first-order valence-corrected chi connectivity index (χ1v) is 6.28. The second-order valence-electron chi connectivity index (χ2n) is 3.88. The van der Waals surface area contributed by atoms with Gasteiger partial charge in [-0.3, -0.25) is 14.9 Å². The first kappa shape index (κ1) is 14.6. The Morgan fingerprint density at radius 1 is 1.61 bits per heavy atom. The molecule has 0 N–H and O–H groups in total. The van der Waals surface area contributed by atoms with Crippen LogP contribution in [0.1, 0.15) is 23.0 Å². The number of anilines is 1. The number of carbonyl (C=O) groups excluding carboxylic acids is 1. The fourth-order valence-corrected chi connectivity index (χ4v) is 2.50. The summed E-state index contributed by atoms with van der Waals surface area (Å²) in [5, 5.41) is 11.5. The maximum absolute atomic E-state index is 11.3. The van der Waals surface area contributed by atoms with Gasteiger partial charge in [0.15, 0.2) is 10.8 Å². The minimum absolute atomic E-state index is 0.00915. The molecule has 0 aromatic carbocycles. The van der Waals surface area contributed by atoms with Crippen LogP contribution in [0.2, 0.25) is 0 Å². The molecule has 0 aliphatic rings. The Bertz CT molecular complexity index is 444. The zero-order chi connectivity index (χ0) is 13.7. The number of thiophene rings is 1. The van der Waals surface area contributed by atoms with Crippen molar-refractivity contribution in [2.45, 2.75) is 13.3 Å². The Kier molecular flexibility index (Phi) is 5.24. The lowest BCUT2D eigenvalue weighted by Gasteiger charge is -2.15. The molecule has 0 fully saturated rings. The average Bonchev–Trinajstić information content (AvgIpc) is 2.74. The number of nitrogens with zero attached hydrogens (tertiary/aromatic N) is 2. The fourth-order valence-electron chi connectivity index (χ4n) is 1.50. The van der Waals surface area contributed by atoms with Crippen LogP contribution in [-0.4, -0.2) is 38.0 Å². The van der Waals surface area contributed by atoms with Crippen molar-refractivity contribution >= 4 is 27.8 Å². The number of carbonyl (C=O) groups is 1. The average molecular weight is 272 g/mol. The van der Waals surface area contributed by atoms with Crippen molar-refractivity contribution in [2.24, 2.45) is 0 Å². The number of Topliss-reactive ketones (excluding diaryl/α,β-unsaturated/α-hetero) is 1. The summed E-state index contributed by atoms with van der Waals surface area (Å²) >= 11 is 1.16. The second-order valence-corrected chi connectivity index (χ2v) is 4.91. The molecule has 0 unspecified atom stereocenters. The molecule has 7 heteroatoms. The summed E-state index contributed by atoms with van der Waals surface area (Å²) in [7, 11) is 3.39. The van der Waals surface area contributed by atoms with E-state index >= 15 is 0 Å². The van der Waals surface area contributed by atoms with Crippen molar-refractivity contribution < 1.29 is 14.5 Å². The molecule has 1 aromatic rings. The maximum Gasteiger partial charge on any atom is 0.304 e. The molecular formula is C11H16N2O4S. The minimum Gasteiger partial charge on any atom is -0.385 e. The van der Waals surface area contributed by atoms with Gasteiger partial charge in [0.25, 0.3) is 0 Å². The fraction of sp³-hybridized carbons (Fsp3) is 0.545. The largest absolute Gasteiger partial charge is 0.385 e. The molecule has 0 saturated carbocycles. The molecule has 1 aromatic heterocycles. The van der Waals surface area contributed by atoms with E-state index in [0.717, 1.165) is 17.8 Å². The van der Waals surface area contributed by atoms with E-state index in [9.17, 15) is 14.9 Å². The summed E-state index contributed by atoms with van der Waals surface area (Å²) in [6.07, 6.45) is 0.775. The van der Waals surface area contributed by atoms with Crippen LogP contribution in [-0.2, 0) is 4.74 Å². The van der Waals surface area contributed by atoms with Crippen molar-refractivity contribution in [1.29, 1.82) is 0 Å². The van der Waals surface area contributed by atoms with Gasteiger partial charge in [0.05, 0.1) is 9.80 Å². The van der Waals surface area contributed by atoms with Crippen LogP contribution in [0.3, 0.4) is 0 Å².